The SMILES string of the molecule is CS(=O)(=O)c1ccc(OCC[C@H]2C[C@@H]2C2CCN(Cl)CC2)nc1. The van der Waals surface area contributed by atoms with Gasteiger partial charge in [0.05, 0.1) is 11.5 Å². The van der Waals surface area contributed by atoms with Crippen LogP contribution in [0.2, 0.25) is 0 Å². The summed E-state index contributed by atoms with van der Waals surface area (Å²) in [7, 11) is -3.20. The Labute approximate surface area is 143 Å². The predicted molar refractivity (Wildman–Crippen MR) is 89.2 cm³/mol. The van der Waals surface area contributed by atoms with Gasteiger partial charge in [-0.2, -0.15) is 0 Å². The number of nitrogens with zero attached hydrogens (tertiary/aromatic N) is 2. The maximum Gasteiger partial charge on any atom is 0.213 e. The topological polar surface area (TPSA) is 59.5 Å². The van der Waals surface area contributed by atoms with E-state index in [-0.39, 0.29) is 4.90 Å². The van der Waals surface area contributed by atoms with Crippen LogP contribution < -0.4 is 4.74 Å². The summed E-state index contributed by atoms with van der Waals surface area (Å²) in [5.74, 6) is 2.91. The van der Waals surface area contributed by atoms with Gasteiger partial charge >= 0.3 is 0 Å². The van der Waals surface area contributed by atoms with Crippen molar-refractivity contribution in [2.45, 2.75) is 30.6 Å². The van der Waals surface area contributed by atoms with Gasteiger partial charge in [-0.3, -0.25) is 0 Å². The van der Waals surface area contributed by atoms with E-state index >= 15 is 0 Å². The number of aromatic nitrogens is 1. The summed E-state index contributed by atoms with van der Waals surface area (Å²) in [4.78, 5) is 4.28. The van der Waals surface area contributed by atoms with Gasteiger partial charge in [0.2, 0.25) is 5.88 Å². The average Bonchev–Trinajstić information content (AvgIpc) is 3.27. The van der Waals surface area contributed by atoms with E-state index in [0.717, 1.165) is 37.3 Å². The first-order chi connectivity index (χ1) is 10.9. The lowest BCUT2D eigenvalue weighted by Crippen LogP contribution is -2.27. The molecule has 0 spiro atoms. The zero-order valence-electron chi connectivity index (χ0n) is 13.3. The van der Waals surface area contributed by atoms with Crippen molar-refractivity contribution in [1.82, 2.24) is 9.40 Å². The molecule has 3 rings (SSSR count). The molecule has 23 heavy (non-hydrogen) atoms. The zero-order valence-corrected chi connectivity index (χ0v) is 14.9. The molecule has 1 aromatic rings. The minimum Gasteiger partial charge on any atom is -0.478 e. The van der Waals surface area contributed by atoms with Crippen LogP contribution in [0.3, 0.4) is 0 Å². The van der Waals surface area contributed by atoms with Gasteiger partial charge in [-0.05, 0) is 61.3 Å². The monoisotopic (exact) mass is 358 g/mol. The molecule has 2 heterocycles. The fourth-order valence-corrected chi connectivity index (χ4v) is 4.22. The molecule has 0 amide bonds. The Morgan fingerprint density at radius 2 is 2.09 bits per heavy atom. The summed E-state index contributed by atoms with van der Waals surface area (Å²) in [6.07, 6.45) is 7.29. The smallest absolute Gasteiger partial charge is 0.213 e. The van der Waals surface area contributed by atoms with Crippen LogP contribution in [0.4, 0.5) is 0 Å². The first kappa shape index (κ1) is 17.0. The molecule has 0 aromatic carbocycles. The molecule has 5 nitrogen and oxygen atoms in total. The van der Waals surface area contributed by atoms with Crippen LogP contribution in [-0.2, 0) is 9.84 Å². The standard InChI is InChI=1S/C16H23ClN2O3S/c1-23(20,21)14-2-3-16(18-11-14)22-9-6-13-10-15(13)12-4-7-19(17)8-5-12/h2-3,11-13,15H,4-10H2,1H3/t13-,15+/m0/s1. The average molecular weight is 359 g/mol. The van der Waals surface area contributed by atoms with Crippen LogP contribution >= 0.6 is 11.8 Å². The van der Waals surface area contributed by atoms with Crippen molar-refractivity contribution in [3.05, 3.63) is 18.3 Å². The highest BCUT2D eigenvalue weighted by Gasteiger charge is 2.42. The summed E-state index contributed by atoms with van der Waals surface area (Å²) < 4.78 is 30.3. The third-order valence-corrected chi connectivity index (χ3v) is 6.38. The number of rotatable bonds is 6. The highest BCUT2D eigenvalue weighted by Crippen LogP contribution is 2.49. The summed E-state index contributed by atoms with van der Waals surface area (Å²) in [5.41, 5.74) is 0. The largest absolute Gasteiger partial charge is 0.478 e. The van der Waals surface area contributed by atoms with Gasteiger partial charge in [0, 0.05) is 31.6 Å². The fourth-order valence-electron chi connectivity index (χ4n) is 3.46. The lowest BCUT2D eigenvalue weighted by Gasteiger charge is -2.27. The van der Waals surface area contributed by atoms with Crippen molar-refractivity contribution >= 4 is 21.6 Å². The second kappa shape index (κ2) is 6.95. The van der Waals surface area contributed by atoms with Crippen LogP contribution in [0.1, 0.15) is 25.7 Å². The Kier molecular flexibility index (Phi) is 5.13. The third kappa shape index (κ3) is 4.58. The van der Waals surface area contributed by atoms with E-state index in [1.54, 1.807) is 6.07 Å². The first-order valence-corrected chi connectivity index (χ1v) is 10.4. The molecule has 7 heteroatoms. The van der Waals surface area contributed by atoms with E-state index in [2.05, 4.69) is 4.98 Å². The first-order valence-electron chi connectivity index (χ1n) is 8.13. The molecule has 0 N–H and O–H groups in total. The minimum atomic E-state index is -3.20. The Morgan fingerprint density at radius 1 is 1.35 bits per heavy atom. The van der Waals surface area contributed by atoms with Crippen molar-refractivity contribution in [3.63, 3.8) is 0 Å². The molecule has 0 unspecified atom stereocenters. The number of piperidine rings is 1. The Balaban J connectivity index is 1.39. The van der Waals surface area contributed by atoms with E-state index in [9.17, 15) is 8.42 Å². The number of pyridine rings is 1. The molecule has 1 aliphatic heterocycles. The zero-order chi connectivity index (χ0) is 16.4. The van der Waals surface area contributed by atoms with E-state index in [4.69, 9.17) is 16.5 Å². The summed E-state index contributed by atoms with van der Waals surface area (Å²) >= 11 is 6.00. The van der Waals surface area contributed by atoms with Crippen molar-refractivity contribution in [2.24, 2.45) is 17.8 Å². The van der Waals surface area contributed by atoms with E-state index in [0.29, 0.717) is 12.5 Å². The molecule has 2 aliphatic rings. The van der Waals surface area contributed by atoms with Gasteiger partial charge in [-0.25, -0.2) is 17.8 Å². The molecule has 0 bridgehead atoms. The molecule has 2 atom stereocenters. The van der Waals surface area contributed by atoms with Crippen LogP contribution in [-0.4, -0.2) is 43.8 Å². The van der Waals surface area contributed by atoms with Crippen molar-refractivity contribution in [1.29, 1.82) is 0 Å². The Hall–Kier alpha value is -0.850. The molecule has 1 saturated carbocycles. The number of ether oxygens (including phenoxy) is 1. The van der Waals surface area contributed by atoms with Crippen LogP contribution in [0.5, 0.6) is 5.88 Å². The molecule has 0 radical (unpaired) electrons. The molecule has 1 aromatic heterocycles. The van der Waals surface area contributed by atoms with Crippen molar-refractivity contribution < 1.29 is 13.2 Å². The van der Waals surface area contributed by atoms with Crippen LogP contribution in [0.25, 0.3) is 0 Å². The van der Waals surface area contributed by atoms with Crippen LogP contribution in [0, 0.1) is 17.8 Å². The Morgan fingerprint density at radius 3 is 2.70 bits per heavy atom. The third-order valence-electron chi connectivity index (χ3n) is 4.94. The van der Waals surface area contributed by atoms with E-state index in [1.807, 2.05) is 4.42 Å². The number of halogens is 1. The van der Waals surface area contributed by atoms with E-state index < -0.39 is 9.84 Å². The summed E-state index contributed by atoms with van der Waals surface area (Å²) in [5, 5.41) is 0. The second-order valence-electron chi connectivity index (χ2n) is 6.65. The summed E-state index contributed by atoms with van der Waals surface area (Å²) in [6.45, 7) is 2.64. The molecular weight excluding hydrogens is 336 g/mol. The molecule has 128 valence electrons. The minimum absolute atomic E-state index is 0.220. The number of hydrogen-bond acceptors (Lipinski definition) is 5. The fraction of sp³-hybridized carbons (Fsp3) is 0.688. The normalized spacial score (nSPS) is 26.2. The van der Waals surface area contributed by atoms with Gasteiger partial charge in [0.1, 0.15) is 0 Å². The van der Waals surface area contributed by atoms with Crippen molar-refractivity contribution in [2.75, 3.05) is 26.0 Å². The number of sulfone groups is 1. The maximum absolute atomic E-state index is 11.4. The maximum atomic E-state index is 11.4. The van der Waals surface area contributed by atoms with Gasteiger partial charge < -0.3 is 4.74 Å². The molecule has 2 fully saturated rings. The summed E-state index contributed by atoms with van der Waals surface area (Å²) in [6, 6.07) is 3.16. The van der Waals surface area contributed by atoms with Crippen molar-refractivity contribution in [3.8, 4) is 5.88 Å². The van der Waals surface area contributed by atoms with E-state index in [1.165, 1.54) is 37.8 Å². The van der Waals surface area contributed by atoms with Gasteiger partial charge in [0.15, 0.2) is 9.84 Å². The highest BCUT2D eigenvalue weighted by molar-refractivity contribution is 7.90. The molecule has 1 saturated heterocycles. The highest BCUT2D eigenvalue weighted by atomic mass is 35.5. The quantitative estimate of drug-likeness (QED) is 0.732. The number of hydrogen-bond donors (Lipinski definition) is 0. The van der Waals surface area contributed by atoms with Crippen LogP contribution in [0.15, 0.2) is 23.2 Å². The predicted octanol–water partition coefficient (Wildman–Crippen LogP) is 2.76. The molecular formula is C16H23ClN2O3S. The van der Waals surface area contributed by atoms with Gasteiger partial charge in [0.25, 0.3) is 0 Å². The lowest BCUT2D eigenvalue weighted by molar-refractivity contribution is 0.241. The second-order valence-corrected chi connectivity index (χ2v) is 9.14. The Bertz CT molecular complexity index is 627. The van der Waals surface area contributed by atoms with Gasteiger partial charge in [-0.1, -0.05) is 0 Å². The lowest BCUT2D eigenvalue weighted by atomic mass is 9.91. The molecule has 1 aliphatic carbocycles. The van der Waals surface area contributed by atoms with Gasteiger partial charge in [-0.15, -0.1) is 0 Å².